The van der Waals surface area contributed by atoms with Crippen LogP contribution in [0.1, 0.15) is 51.2 Å². The van der Waals surface area contributed by atoms with Gasteiger partial charge in [-0.3, -0.25) is 15.0 Å². The van der Waals surface area contributed by atoms with Gasteiger partial charge in [-0.05, 0) is 40.5 Å². The van der Waals surface area contributed by atoms with Crippen molar-refractivity contribution in [1.82, 2.24) is 25.3 Å². The first kappa shape index (κ1) is 25.1. The van der Waals surface area contributed by atoms with Gasteiger partial charge in [0.1, 0.15) is 12.7 Å². The van der Waals surface area contributed by atoms with Crippen molar-refractivity contribution < 1.29 is 23.8 Å². The fraction of sp³-hybridized carbons (Fsp3) is 0.583. The number of amides is 3. The Kier molecular flexibility index (Phi) is 6.82. The average Bonchev–Trinajstić information content (AvgIpc) is 3.21. The van der Waals surface area contributed by atoms with E-state index in [-0.39, 0.29) is 36.6 Å². The molecular formula is C24H32N8O5. The molecule has 0 aliphatic carbocycles. The van der Waals surface area contributed by atoms with Crippen molar-refractivity contribution in [3.8, 4) is 5.88 Å². The standard InChI is InChI=1S/C24H32N8O5/c1-14(2)27-21(33)19-26-10-17-20(29-19)32(15-6-5-9-31(17)11-15)23(34)30-22-25-8-7-18(28-22)35-12-16-13-36-24(3,4)37-16/h7-8,10,14-16H,5-6,9,11-13H2,1-4H3,(H,27,33)(H,25,28,30,34)/t15?,16-/m1/s1. The van der Waals surface area contributed by atoms with Crippen LogP contribution in [0.4, 0.5) is 22.2 Å². The summed E-state index contributed by atoms with van der Waals surface area (Å²) in [5.41, 5.74) is 0.715. The van der Waals surface area contributed by atoms with Gasteiger partial charge >= 0.3 is 6.03 Å². The van der Waals surface area contributed by atoms with E-state index in [4.69, 9.17) is 14.2 Å². The lowest BCUT2D eigenvalue weighted by molar-refractivity contribution is -0.141. The molecule has 37 heavy (non-hydrogen) atoms. The van der Waals surface area contributed by atoms with Crippen molar-refractivity contribution in [2.24, 2.45) is 0 Å². The second-order valence-corrected chi connectivity index (χ2v) is 10.1. The molecule has 2 bridgehead atoms. The van der Waals surface area contributed by atoms with E-state index in [0.717, 1.165) is 19.4 Å². The third kappa shape index (κ3) is 5.57. The molecule has 0 radical (unpaired) electrons. The first-order valence-electron chi connectivity index (χ1n) is 12.5. The lowest BCUT2D eigenvalue weighted by atomic mass is 10.0. The number of fused-ring (bicyclic) bond motifs is 4. The Labute approximate surface area is 214 Å². The third-order valence-electron chi connectivity index (χ3n) is 6.26. The number of rotatable bonds is 6. The van der Waals surface area contributed by atoms with Gasteiger partial charge in [0.05, 0.1) is 24.5 Å². The monoisotopic (exact) mass is 512 g/mol. The number of aromatic nitrogens is 4. The highest BCUT2D eigenvalue weighted by molar-refractivity contribution is 6.04. The molecule has 13 nitrogen and oxygen atoms in total. The molecule has 0 spiro atoms. The van der Waals surface area contributed by atoms with Gasteiger partial charge in [0, 0.05) is 31.4 Å². The summed E-state index contributed by atoms with van der Waals surface area (Å²) in [6, 6.07) is 0.992. The number of ether oxygens (including phenoxy) is 3. The second-order valence-electron chi connectivity index (χ2n) is 10.1. The summed E-state index contributed by atoms with van der Waals surface area (Å²) in [5, 5.41) is 5.56. The maximum Gasteiger partial charge on any atom is 0.330 e. The lowest BCUT2D eigenvalue weighted by Crippen LogP contribution is -2.56. The van der Waals surface area contributed by atoms with E-state index >= 15 is 0 Å². The molecule has 3 aliphatic rings. The number of hydrogen-bond donors (Lipinski definition) is 2. The van der Waals surface area contributed by atoms with Crippen LogP contribution in [0.3, 0.4) is 0 Å². The SMILES string of the molecule is CC(C)NC(=O)c1ncc2c(n1)N(C(=O)Nc1nccc(OC[C@@H]3COC(C)(C)O3)n1)C1CCCN2C1. The Hall–Kier alpha value is -3.58. The zero-order valence-corrected chi connectivity index (χ0v) is 21.4. The summed E-state index contributed by atoms with van der Waals surface area (Å²) in [6.07, 6.45) is 4.64. The van der Waals surface area contributed by atoms with Crippen LogP contribution in [0.2, 0.25) is 0 Å². The minimum Gasteiger partial charge on any atom is -0.475 e. The van der Waals surface area contributed by atoms with Crippen LogP contribution in [0.25, 0.3) is 0 Å². The van der Waals surface area contributed by atoms with Gasteiger partial charge in [-0.25, -0.2) is 19.7 Å². The van der Waals surface area contributed by atoms with Gasteiger partial charge in [0.2, 0.25) is 17.7 Å². The molecule has 2 saturated heterocycles. The van der Waals surface area contributed by atoms with Crippen LogP contribution in [0.5, 0.6) is 5.88 Å². The molecule has 2 atom stereocenters. The van der Waals surface area contributed by atoms with Gasteiger partial charge in [0.15, 0.2) is 11.6 Å². The van der Waals surface area contributed by atoms with Crippen LogP contribution in [-0.4, -0.2) is 82.2 Å². The number of carbonyl (C=O) groups is 2. The van der Waals surface area contributed by atoms with E-state index in [2.05, 4.69) is 35.5 Å². The molecule has 2 aromatic heterocycles. The van der Waals surface area contributed by atoms with Crippen molar-refractivity contribution >= 4 is 29.4 Å². The summed E-state index contributed by atoms with van der Waals surface area (Å²) in [5.74, 6) is -0.228. The number of urea groups is 1. The molecule has 2 N–H and O–H groups in total. The summed E-state index contributed by atoms with van der Waals surface area (Å²) < 4.78 is 17.1. The van der Waals surface area contributed by atoms with Crippen molar-refractivity contribution in [1.29, 1.82) is 0 Å². The Morgan fingerprint density at radius 2 is 2.11 bits per heavy atom. The Balaban J connectivity index is 1.33. The molecule has 2 aromatic rings. The quantitative estimate of drug-likeness (QED) is 0.589. The summed E-state index contributed by atoms with van der Waals surface area (Å²) >= 11 is 0. The topological polar surface area (TPSA) is 144 Å². The van der Waals surface area contributed by atoms with Crippen molar-refractivity contribution in [3.63, 3.8) is 0 Å². The first-order valence-corrected chi connectivity index (χ1v) is 12.5. The molecule has 3 aliphatic heterocycles. The van der Waals surface area contributed by atoms with E-state index in [0.29, 0.717) is 30.5 Å². The number of nitrogens with one attached hydrogen (secondary N) is 2. The number of carbonyl (C=O) groups excluding carboxylic acids is 2. The van der Waals surface area contributed by atoms with Gasteiger partial charge in [-0.2, -0.15) is 4.98 Å². The molecule has 0 saturated carbocycles. The Morgan fingerprint density at radius 1 is 1.27 bits per heavy atom. The van der Waals surface area contributed by atoms with Crippen LogP contribution in [0.15, 0.2) is 18.5 Å². The fourth-order valence-electron chi connectivity index (χ4n) is 4.68. The van der Waals surface area contributed by atoms with Crippen molar-refractivity contribution in [3.05, 3.63) is 24.3 Å². The number of hydrogen-bond acceptors (Lipinski definition) is 10. The molecule has 5 heterocycles. The minimum atomic E-state index is -0.642. The molecule has 198 valence electrons. The molecule has 3 amide bonds. The Bertz CT molecular complexity index is 1180. The Morgan fingerprint density at radius 3 is 2.86 bits per heavy atom. The van der Waals surface area contributed by atoms with Gasteiger partial charge in [0.25, 0.3) is 5.91 Å². The van der Waals surface area contributed by atoms with Crippen molar-refractivity contribution in [2.75, 3.05) is 41.4 Å². The number of nitrogens with zero attached hydrogens (tertiary/aromatic N) is 6. The first-order chi connectivity index (χ1) is 17.7. The second kappa shape index (κ2) is 10.1. The lowest BCUT2D eigenvalue weighted by Gasteiger charge is -2.45. The zero-order chi connectivity index (χ0) is 26.2. The van der Waals surface area contributed by atoms with Crippen LogP contribution in [0, 0.1) is 0 Å². The maximum atomic E-state index is 13.5. The molecule has 0 aromatic carbocycles. The van der Waals surface area contributed by atoms with E-state index < -0.39 is 17.7 Å². The summed E-state index contributed by atoms with van der Waals surface area (Å²) in [6.45, 7) is 9.59. The molecule has 1 unspecified atom stereocenters. The highest BCUT2D eigenvalue weighted by Crippen LogP contribution is 2.37. The van der Waals surface area contributed by atoms with Crippen LogP contribution in [-0.2, 0) is 9.47 Å². The number of anilines is 3. The van der Waals surface area contributed by atoms with E-state index in [1.165, 1.54) is 6.20 Å². The third-order valence-corrected chi connectivity index (χ3v) is 6.26. The largest absolute Gasteiger partial charge is 0.475 e. The van der Waals surface area contributed by atoms with Crippen LogP contribution < -0.4 is 25.2 Å². The highest BCUT2D eigenvalue weighted by atomic mass is 16.7. The normalized spacial score (nSPS) is 22.0. The summed E-state index contributed by atoms with van der Waals surface area (Å²) in [4.78, 5) is 47.1. The zero-order valence-electron chi connectivity index (χ0n) is 21.4. The van der Waals surface area contributed by atoms with Crippen molar-refractivity contribution in [2.45, 2.75) is 64.5 Å². The smallest absolute Gasteiger partial charge is 0.330 e. The van der Waals surface area contributed by atoms with E-state index in [9.17, 15) is 9.59 Å². The predicted molar refractivity (Wildman–Crippen MR) is 134 cm³/mol. The highest BCUT2D eigenvalue weighted by Gasteiger charge is 2.39. The van der Waals surface area contributed by atoms with Gasteiger partial charge in [-0.15, -0.1) is 0 Å². The predicted octanol–water partition coefficient (Wildman–Crippen LogP) is 1.96. The fourth-order valence-corrected chi connectivity index (χ4v) is 4.68. The maximum absolute atomic E-state index is 13.5. The van der Waals surface area contributed by atoms with Crippen LogP contribution >= 0.6 is 0 Å². The molecule has 13 heteroatoms. The molecular weight excluding hydrogens is 480 g/mol. The molecule has 5 rings (SSSR count). The van der Waals surface area contributed by atoms with E-state index in [1.54, 1.807) is 17.2 Å². The average molecular weight is 513 g/mol. The van der Waals surface area contributed by atoms with E-state index in [1.807, 2.05) is 27.7 Å². The number of piperidine rings is 1. The molecule has 2 fully saturated rings. The van der Waals surface area contributed by atoms with Gasteiger partial charge < -0.3 is 24.4 Å². The summed E-state index contributed by atoms with van der Waals surface area (Å²) in [7, 11) is 0. The van der Waals surface area contributed by atoms with Gasteiger partial charge in [-0.1, -0.05) is 0 Å². The minimum absolute atomic E-state index is 0.0133.